The van der Waals surface area contributed by atoms with Crippen LogP contribution in [-0.4, -0.2) is 28.5 Å². The summed E-state index contributed by atoms with van der Waals surface area (Å²) in [7, 11) is 2.19. The van der Waals surface area contributed by atoms with E-state index in [1.165, 1.54) is 6.42 Å². The van der Waals surface area contributed by atoms with E-state index in [0.717, 1.165) is 30.4 Å². The first-order chi connectivity index (χ1) is 9.67. The summed E-state index contributed by atoms with van der Waals surface area (Å²) in [6.07, 6.45) is 1.22. The van der Waals surface area contributed by atoms with Crippen LogP contribution in [0.4, 0.5) is 0 Å². The van der Waals surface area contributed by atoms with E-state index in [2.05, 4.69) is 77.0 Å². The van der Waals surface area contributed by atoms with E-state index in [9.17, 15) is 0 Å². The van der Waals surface area contributed by atoms with Gasteiger partial charge in [-0.25, -0.2) is 0 Å². The molecule has 0 spiro atoms. The summed E-state index contributed by atoms with van der Waals surface area (Å²) >= 11 is 0. The van der Waals surface area contributed by atoms with Gasteiger partial charge in [0.2, 0.25) is 0 Å². The molecule has 1 unspecified atom stereocenters. The van der Waals surface area contributed by atoms with Crippen LogP contribution < -0.4 is 5.32 Å². The van der Waals surface area contributed by atoms with Crippen LogP contribution in [0.3, 0.4) is 0 Å². The highest BCUT2D eigenvalue weighted by Crippen LogP contribution is 2.12. The molecule has 120 valence electrons. The number of rotatable bonds is 7. The van der Waals surface area contributed by atoms with Gasteiger partial charge in [-0.05, 0) is 59.2 Å². The van der Waals surface area contributed by atoms with E-state index >= 15 is 0 Å². The molecule has 3 heteroatoms. The Morgan fingerprint density at radius 1 is 1.14 bits per heavy atom. The van der Waals surface area contributed by atoms with E-state index in [-0.39, 0.29) is 5.54 Å². The predicted octanol–water partition coefficient (Wildman–Crippen LogP) is 3.84. The van der Waals surface area contributed by atoms with Crippen molar-refractivity contribution >= 4 is 0 Å². The molecule has 0 saturated heterocycles. The average Bonchev–Trinajstić information content (AvgIpc) is 2.35. The number of nitrogens with one attached hydrogen (secondary N) is 1. The Morgan fingerprint density at radius 3 is 2.33 bits per heavy atom. The van der Waals surface area contributed by atoms with Gasteiger partial charge >= 0.3 is 0 Å². The monoisotopic (exact) mass is 291 g/mol. The van der Waals surface area contributed by atoms with Crippen molar-refractivity contribution in [2.75, 3.05) is 7.05 Å². The minimum Gasteiger partial charge on any atom is -0.306 e. The van der Waals surface area contributed by atoms with Gasteiger partial charge in [-0.15, -0.1) is 0 Å². The fraction of sp³-hybridized carbons (Fsp3) is 0.722. The molecule has 1 heterocycles. The zero-order valence-electron chi connectivity index (χ0n) is 14.9. The molecule has 0 aliphatic rings. The second-order valence-electron chi connectivity index (χ2n) is 7.62. The Labute approximate surface area is 131 Å². The molecule has 0 aliphatic carbocycles. The topological polar surface area (TPSA) is 28.2 Å². The van der Waals surface area contributed by atoms with Crippen LogP contribution in [0.5, 0.6) is 0 Å². The molecule has 1 aromatic rings. The third kappa shape index (κ3) is 7.58. The van der Waals surface area contributed by atoms with E-state index in [4.69, 9.17) is 4.98 Å². The molecule has 0 bridgehead atoms. The third-order valence-corrected chi connectivity index (χ3v) is 3.64. The lowest BCUT2D eigenvalue weighted by atomic mass is 10.0. The summed E-state index contributed by atoms with van der Waals surface area (Å²) in [4.78, 5) is 7.17. The molecule has 0 amide bonds. The number of hydrogen-bond donors (Lipinski definition) is 1. The quantitative estimate of drug-likeness (QED) is 0.827. The Kier molecular flexibility index (Phi) is 6.82. The zero-order valence-corrected chi connectivity index (χ0v) is 14.9. The highest BCUT2D eigenvalue weighted by atomic mass is 15.1. The highest BCUT2D eigenvalue weighted by molar-refractivity contribution is 5.11. The van der Waals surface area contributed by atoms with E-state index in [0.29, 0.717) is 6.04 Å². The van der Waals surface area contributed by atoms with Crippen LogP contribution in [0.2, 0.25) is 0 Å². The number of pyridine rings is 1. The molecule has 0 aliphatic heterocycles. The molecule has 0 aromatic carbocycles. The normalized spacial score (nSPS) is 14.0. The molecule has 1 rings (SSSR count). The maximum Gasteiger partial charge on any atom is 0.0547 e. The van der Waals surface area contributed by atoms with Crippen LogP contribution in [-0.2, 0) is 13.1 Å². The Morgan fingerprint density at radius 2 is 1.76 bits per heavy atom. The van der Waals surface area contributed by atoms with Gasteiger partial charge in [0.15, 0.2) is 0 Å². The molecule has 0 radical (unpaired) electrons. The van der Waals surface area contributed by atoms with Crippen LogP contribution >= 0.6 is 0 Å². The van der Waals surface area contributed by atoms with Gasteiger partial charge in [0.1, 0.15) is 0 Å². The number of nitrogens with zero attached hydrogens (tertiary/aromatic N) is 2. The van der Waals surface area contributed by atoms with Gasteiger partial charge in [-0.2, -0.15) is 0 Å². The Bertz CT molecular complexity index is 421. The summed E-state index contributed by atoms with van der Waals surface area (Å²) in [5.41, 5.74) is 2.40. The molecule has 21 heavy (non-hydrogen) atoms. The maximum atomic E-state index is 4.77. The summed E-state index contributed by atoms with van der Waals surface area (Å²) < 4.78 is 0. The average molecular weight is 291 g/mol. The largest absolute Gasteiger partial charge is 0.306 e. The maximum absolute atomic E-state index is 4.77. The first-order valence-corrected chi connectivity index (χ1v) is 8.07. The van der Waals surface area contributed by atoms with Crippen molar-refractivity contribution in [2.24, 2.45) is 5.92 Å². The molecule has 1 atom stereocenters. The van der Waals surface area contributed by atoms with Gasteiger partial charge in [0.25, 0.3) is 0 Å². The smallest absolute Gasteiger partial charge is 0.0547 e. The van der Waals surface area contributed by atoms with Crippen LogP contribution in [0.25, 0.3) is 0 Å². The fourth-order valence-electron chi connectivity index (χ4n) is 2.35. The lowest BCUT2D eigenvalue weighted by Crippen LogP contribution is -2.35. The second-order valence-corrected chi connectivity index (χ2v) is 7.62. The first kappa shape index (κ1) is 18.1. The minimum atomic E-state index is 0.125. The number of hydrogen-bond acceptors (Lipinski definition) is 3. The summed E-state index contributed by atoms with van der Waals surface area (Å²) in [5, 5.41) is 3.49. The van der Waals surface area contributed by atoms with Crippen molar-refractivity contribution in [3.05, 3.63) is 29.6 Å². The van der Waals surface area contributed by atoms with Crippen molar-refractivity contribution in [1.29, 1.82) is 0 Å². The van der Waals surface area contributed by atoms with Gasteiger partial charge in [0.05, 0.1) is 11.4 Å². The van der Waals surface area contributed by atoms with Crippen LogP contribution in [0, 0.1) is 5.92 Å². The van der Waals surface area contributed by atoms with Crippen molar-refractivity contribution in [3.8, 4) is 0 Å². The zero-order chi connectivity index (χ0) is 16.0. The minimum absolute atomic E-state index is 0.125. The lowest BCUT2D eigenvalue weighted by molar-refractivity contribution is 0.218. The lowest BCUT2D eigenvalue weighted by Gasteiger charge is -2.26. The van der Waals surface area contributed by atoms with Crippen LogP contribution in [0.1, 0.15) is 59.4 Å². The van der Waals surface area contributed by atoms with Crippen molar-refractivity contribution < 1.29 is 0 Å². The number of aromatic nitrogens is 1. The van der Waals surface area contributed by atoms with Gasteiger partial charge in [-0.1, -0.05) is 19.9 Å². The Balaban J connectivity index is 2.59. The van der Waals surface area contributed by atoms with Crippen LogP contribution in [0.15, 0.2) is 18.2 Å². The molecule has 0 fully saturated rings. The molecule has 0 saturated carbocycles. The third-order valence-electron chi connectivity index (χ3n) is 3.64. The second kappa shape index (κ2) is 7.90. The molecule has 3 nitrogen and oxygen atoms in total. The molecule has 1 aromatic heterocycles. The molecule has 1 N–H and O–H groups in total. The summed E-state index contributed by atoms with van der Waals surface area (Å²) in [6.45, 7) is 15.1. The molecular formula is C18H33N3. The van der Waals surface area contributed by atoms with E-state index < -0.39 is 0 Å². The van der Waals surface area contributed by atoms with Gasteiger partial charge in [-0.3, -0.25) is 9.88 Å². The standard InChI is InChI=1S/C18H33N3/c1-14(2)11-15(3)21(7)13-17-10-8-9-16(20-17)12-19-18(4,5)6/h8-10,14-15,19H,11-13H2,1-7H3. The summed E-state index contributed by atoms with van der Waals surface area (Å²) in [6, 6.07) is 6.92. The van der Waals surface area contributed by atoms with Crippen molar-refractivity contribution in [3.63, 3.8) is 0 Å². The Hall–Kier alpha value is -0.930. The first-order valence-electron chi connectivity index (χ1n) is 8.07. The summed E-state index contributed by atoms with van der Waals surface area (Å²) in [5.74, 6) is 0.734. The SMILES string of the molecule is CC(C)CC(C)N(C)Cc1cccc(CNC(C)(C)C)n1. The predicted molar refractivity (Wildman–Crippen MR) is 91.2 cm³/mol. The van der Waals surface area contributed by atoms with Crippen molar-refractivity contribution in [1.82, 2.24) is 15.2 Å². The van der Waals surface area contributed by atoms with Gasteiger partial charge < -0.3 is 5.32 Å². The van der Waals surface area contributed by atoms with Gasteiger partial charge in [0, 0.05) is 24.7 Å². The molecular weight excluding hydrogens is 258 g/mol. The highest BCUT2D eigenvalue weighted by Gasteiger charge is 2.13. The van der Waals surface area contributed by atoms with E-state index in [1.54, 1.807) is 0 Å². The van der Waals surface area contributed by atoms with E-state index in [1.807, 2.05) is 0 Å². The van der Waals surface area contributed by atoms with Crippen molar-refractivity contribution in [2.45, 2.75) is 72.6 Å². The fourth-order valence-corrected chi connectivity index (χ4v) is 2.35.